The van der Waals surface area contributed by atoms with Crippen molar-refractivity contribution >= 4 is 16.5 Å². The summed E-state index contributed by atoms with van der Waals surface area (Å²) in [5.41, 5.74) is 2.48. The molecule has 96 valence electrons. The lowest BCUT2D eigenvalue weighted by Gasteiger charge is -2.39. The van der Waals surface area contributed by atoms with E-state index < -0.39 is 0 Å². The van der Waals surface area contributed by atoms with Gasteiger partial charge < -0.3 is 4.74 Å². The van der Waals surface area contributed by atoms with Crippen molar-refractivity contribution in [1.29, 1.82) is 0 Å². The minimum absolute atomic E-state index is 0.0299. The predicted octanol–water partition coefficient (Wildman–Crippen LogP) is 0.825. The monoisotopic (exact) mass is 257 g/mol. The SMILES string of the molecule is COC1(C)CCCN(Cc2nnc(NN)s2)C1. The smallest absolute Gasteiger partial charge is 0.219 e. The van der Waals surface area contributed by atoms with Gasteiger partial charge in [-0.3, -0.25) is 10.3 Å². The number of nitrogens with zero attached hydrogens (tertiary/aromatic N) is 3. The van der Waals surface area contributed by atoms with Gasteiger partial charge in [0.2, 0.25) is 5.13 Å². The van der Waals surface area contributed by atoms with Crippen molar-refractivity contribution in [2.24, 2.45) is 5.84 Å². The molecule has 1 aromatic rings. The first-order valence-corrected chi connectivity index (χ1v) is 6.53. The van der Waals surface area contributed by atoms with Crippen molar-refractivity contribution in [3.8, 4) is 0 Å². The summed E-state index contributed by atoms with van der Waals surface area (Å²) in [5.74, 6) is 5.29. The largest absolute Gasteiger partial charge is 0.377 e. The first-order chi connectivity index (χ1) is 8.15. The summed E-state index contributed by atoms with van der Waals surface area (Å²) in [5, 5.41) is 9.67. The van der Waals surface area contributed by atoms with Crippen molar-refractivity contribution in [2.45, 2.75) is 31.9 Å². The highest BCUT2D eigenvalue weighted by molar-refractivity contribution is 7.15. The third kappa shape index (κ3) is 3.12. The summed E-state index contributed by atoms with van der Waals surface area (Å²) in [7, 11) is 1.78. The van der Waals surface area contributed by atoms with Crippen LogP contribution in [0.5, 0.6) is 0 Å². The molecule has 0 aromatic carbocycles. The molecule has 1 atom stereocenters. The number of hydrogen-bond acceptors (Lipinski definition) is 7. The van der Waals surface area contributed by atoms with E-state index in [0.717, 1.165) is 37.5 Å². The zero-order valence-corrected chi connectivity index (χ0v) is 11.1. The van der Waals surface area contributed by atoms with Crippen molar-refractivity contribution in [3.63, 3.8) is 0 Å². The molecule has 0 saturated carbocycles. The first-order valence-electron chi connectivity index (χ1n) is 5.72. The van der Waals surface area contributed by atoms with Gasteiger partial charge in [0.15, 0.2) is 0 Å². The van der Waals surface area contributed by atoms with Crippen LogP contribution in [0.25, 0.3) is 0 Å². The van der Waals surface area contributed by atoms with E-state index in [0.29, 0.717) is 5.13 Å². The summed E-state index contributed by atoms with van der Waals surface area (Å²) in [4.78, 5) is 2.35. The average molecular weight is 257 g/mol. The molecular weight excluding hydrogens is 238 g/mol. The van der Waals surface area contributed by atoms with Crippen LogP contribution in [0.3, 0.4) is 0 Å². The van der Waals surface area contributed by atoms with Crippen LogP contribution in [0.1, 0.15) is 24.8 Å². The van der Waals surface area contributed by atoms with E-state index in [2.05, 4.69) is 27.4 Å². The molecule has 1 aliphatic heterocycles. The van der Waals surface area contributed by atoms with Crippen molar-refractivity contribution in [2.75, 3.05) is 25.6 Å². The minimum Gasteiger partial charge on any atom is -0.377 e. The maximum atomic E-state index is 5.57. The lowest BCUT2D eigenvalue weighted by atomic mass is 9.95. The Morgan fingerprint density at radius 3 is 3.06 bits per heavy atom. The van der Waals surface area contributed by atoms with Crippen LogP contribution in [-0.4, -0.2) is 40.9 Å². The van der Waals surface area contributed by atoms with E-state index in [4.69, 9.17) is 10.6 Å². The topological polar surface area (TPSA) is 76.3 Å². The van der Waals surface area contributed by atoms with Gasteiger partial charge in [0.05, 0.1) is 12.1 Å². The highest BCUT2D eigenvalue weighted by Gasteiger charge is 2.30. The summed E-state index contributed by atoms with van der Waals surface area (Å²) in [6.07, 6.45) is 2.27. The Labute approximate surface area is 105 Å². The third-order valence-electron chi connectivity index (χ3n) is 3.18. The van der Waals surface area contributed by atoms with Gasteiger partial charge in [0.25, 0.3) is 0 Å². The standard InChI is InChI=1S/C10H19N5OS/c1-10(16-2)4-3-5-15(7-10)6-8-13-14-9(12-11)17-8/h3-7,11H2,1-2H3,(H,12,14). The fourth-order valence-corrected chi connectivity index (χ4v) is 2.87. The van der Waals surface area contributed by atoms with Crippen LogP contribution >= 0.6 is 11.3 Å². The number of hydrogen-bond donors (Lipinski definition) is 2. The molecule has 0 spiro atoms. The molecule has 1 unspecified atom stereocenters. The normalized spacial score (nSPS) is 26.1. The predicted molar refractivity (Wildman–Crippen MR) is 67.6 cm³/mol. The number of hydrazine groups is 1. The van der Waals surface area contributed by atoms with E-state index in [1.807, 2.05) is 0 Å². The Morgan fingerprint density at radius 1 is 1.59 bits per heavy atom. The van der Waals surface area contributed by atoms with Crippen LogP contribution in [0.4, 0.5) is 5.13 Å². The number of rotatable bonds is 4. The lowest BCUT2D eigenvalue weighted by molar-refractivity contribution is -0.0527. The van der Waals surface area contributed by atoms with E-state index in [1.165, 1.54) is 11.3 Å². The van der Waals surface area contributed by atoms with E-state index in [1.54, 1.807) is 7.11 Å². The van der Waals surface area contributed by atoms with Gasteiger partial charge in [0, 0.05) is 13.7 Å². The second-order valence-corrected chi connectivity index (χ2v) is 5.68. The number of nitrogens with one attached hydrogen (secondary N) is 1. The van der Waals surface area contributed by atoms with Gasteiger partial charge in [0.1, 0.15) is 5.01 Å². The molecular formula is C10H19N5OS. The molecule has 17 heavy (non-hydrogen) atoms. The fraction of sp³-hybridized carbons (Fsp3) is 0.800. The van der Waals surface area contributed by atoms with Gasteiger partial charge in [-0.2, -0.15) is 0 Å². The van der Waals surface area contributed by atoms with Crippen LogP contribution in [0.15, 0.2) is 0 Å². The van der Waals surface area contributed by atoms with Gasteiger partial charge in [-0.05, 0) is 26.3 Å². The molecule has 0 radical (unpaired) electrons. The van der Waals surface area contributed by atoms with E-state index in [-0.39, 0.29) is 5.60 Å². The number of nitrogens with two attached hydrogens (primary N) is 1. The van der Waals surface area contributed by atoms with Crippen molar-refractivity contribution in [3.05, 3.63) is 5.01 Å². The molecule has 1 saturated heterocycles. The second kappa shape index (κ2) is 5.26. The number of piperidine rings is 1. The summed E-state index contributed by atoms with van der Waals surface area (Å²) in [6.45, 7) is 5.00. The van der Waals surface area contributed by atoms with Crippen molar-refractivity contribution in [1.82, 2.24) is 15.1 Å². The van der Waals surface area contributed by atoms with E-state index in [9.17, 15) is 0 Å². The second-order valence-electron chi connectivity index (χ2n) is 4.61. The fourth-order valence-electron chi connectivity index (χ4n) is 2.18. The molecule has 3 N–H and O–H groups in total. The number of ether oxygens (including phenoxy) is 1. The Bertz CT molecular complexity index is 371. The molecule has 1 aliphatic rings. The Balaban J connectivity index is 1.94. The van der Waals surface area contributed by atoms with Gasteiger partial charge in [-0.25, -0.2) is 5.84 Å². The Kier molecular flexibility index (Phi) is 3.93. The lowest BCUT2D eigenvalue weighted by Crippen LogP contribution is -2.46. The average Bonchev–Trinajstić information content (AvgIpc) is 2.77. The highest BCUT2D eigenvalue weighted by atomic mass is 32.1. The van der Waals surface area contributed by atoms with Crippen LogP contribution in [0, 0.1) is 0 Å². The molecule has 6 nitrogen and oxygen atoms in total. The van der Waals surface area contributed by atoms with Crippen molar-refractivity contribution < 1.29 is 4.74 Å². The molecule has 7 heteroatoms. The van der Waals surface area contributed by atoms with Crippen LogP contribution < -0.4 is 11.3 Å². The molecule has 2 heterocycles. The highest BCUT2D eigenvalue weighted by Crippen LogP contribution is 2.25. The minimum atomic E-state index is -0.0299. The quantitative estimate of drug-likeness (QED) is 0.614. The van der Waals surface area contributed by atoms with Gasteiger partial charge in [-0.15, -0.1) is 10.2 Å². The van der Waals surface area contributed by atoms with E-state index >= 15 is 0 Å². The van der Waals surface area contributed by atoms with Crippen LogP contribution in [-0.2, 0) is 11.3 Å². The number of methoxy groups -OCH3 is 1. The molecule has 0 aliphatic carbocycles. The molecule has 0 amide bonds. The molecule has 2 rings (SSSR count). The van der Waals surface area contributed by atoms with Gasteiger partial charge in [-0.1, -0.05) is 11.3 Å². The zero-order chi connectivity index (χ0) is 12.3. The maximum Gasteiger partial charge on any atom is 0.219 e. The van der Waals surface area contributed by atoms with Gasteiger partial charge >= 0.3 is 0 Å². The number of anilines is 1. The summed E-state index contributed by atoms with van der Waals surface area (Å²) < 4.78 is 5.57. The summed E-state index contributed by atoms with van der Waals surface area (Å²) in [6, 6.07) is 0. The number of aromatic nitrogens is 2. The summed E-state index contributed by atoms with van der Waals surface area (Å²) >= 11 is 1.49. The maximum absolute atomic E-state index is 5.57. The molecule has 1 aromatic heterocycles. The van der Waals surface area contributed by atoms with Crippen LogP contribution in [0.2, 0.25) is 0 Å². The number of likely N-dealkylation sites (tertiary alicyclic amines) is 1. The zero-order valence-electron chi connectivity index (χ0n) is 10.3. The molecule has 0 bridgehead atoms. The first kappa shape index (κ1) is 12.7. The Hall–Kier alpha value is -0.760. The Morgan fingerprint density at radius 2 is 2.41 bits per heavy atom. The third-order valence-corrected chi connectivity index (χ3v) is 4.02. The molecule has 1 fully saturated rings. The number of nitrogen functional groups attached to an aromatic ring is 1.